The van der Waals surface area contributed by atoms with Crippen molar-refractivity contribution in [3.63, 3.8) is 0 Å². The van der Waals surface area contributed by atoms with Crippen LogP contribution >= 0.6 is 0 Å². The number of ketones is 1. The van der Waals surface area contributed by atoms with E-state index in [4.69, 9.17) is 0 Å². The van der Waals surface area contributed by atoms with E-state index in [1.165, 1.54) is 32.1 Å². The number of benzene rings is 1. The minimum absolute atomic E-state index is 0.166. The highest BCUT2D eigenvalue weighted by Gasteiger charge is 2.13. The molecule has 0 radical (unpaired) electrons. The summed E-state index contributed by atoms with van der Waals surface area (Å²) in [4.78, 5) is 12.1. The van der Waals surface area contributed by atoms with Gasteiger partial charge in [0, 0.05) is 11.5 Å². The van der Waals surface area contributed by atoms with Crippen LogP contribution in [0.25, 0.3) is 0 Å². The van der Waals surface area contributed by atoms with E-state index < -0.39 is 0 Å². The van der Waals surface area contributed by atoms with Gasteiger partial charge < -0.3 is 0 Å². The van der Waals surface area contributed by atoms with Crippen LogP contribution in [0, 0.1) is 5.92 Å². The van der Waals surface area contributed by atoms with E-state index in [1.807, 2.05) is 30.3 Å². The van der Waals surface area contributed by atoms with Gasteiger partial charge in [0.25, 0.3) is 0 Å². The Bertz CT molecular complexity index is 316. The van der Waals surface area contributed by atoms with Crippen molar-refractivity contribution in [1.82, 2.24) is 0 Å². The van der Waals surface area contributed by atoms with Gasteiger partial charge >= 0.3 is 0 Å². The monoisotopic (exact) mass is 232 g/mol. The minimum atomic E-state index is 0.166. The standard InChI is InChI=1S/C16H24O/c1-3-4-5-6-8-11-14(2)16(17)15-12-9-7-10-13-15/h7,9-10,12-14H,3-6,8,11H2,1-2H3. The van der Waals surface area contributed by atoms with Gasteiger partial charge in [-0.05, 0) is 6.42 Å². The Morgan fingerprint density at radius 1 is 1.06 bits per heavy atom. The molecule has 17 heavy (non-hydrogen) atoms. The molecule has 1 atom stereocenters. The number of carbonyl (C=O) groups is 1. The molecule has 0 saturated carbocycles. The number of carbonyl (C=O) groups excluding carboxylic acids is 1. The molecule has 0 aliphatic rings. The Hall–Kier alpha value is -1.11. The van der Waals surface area contributed by atoms with E-state index in [9.17, 15) is 4.79 Å². The second-order valence-electron chi connectivity index (χ2n) is 4.83. The summed E-state index contributed by atoms with van der Waals surface area (Å²) in [6.07, 6.45) is 7.37. The number of Topliss-reactive ketones (excluding diaryl/α,β-unsaturated/α-hetero) is 1. The van der Waals surface area contributed by atoms with Crippen LogP contribution < -0.4 is 0 Å². The second-order valence-corrected chi connectivity index (χ2v) is 4.83. The molecular weight excluding hydrogens is 208 g/mol. The average Bonchev–Trinajstić information content (AvgIpc) is 2.38. The lowest BCUT2D eigenvalue weighted by molar-refractivity contribution is 0.0922. The third kappa shape index (κ3) is 5.16. The minimum Gasteiger partial charge on any atom is -0.294 e. The molecule has 0 aromatic heterocycles. The van der Waals surface area contributed by atoms with Crippen LogP contribution in [0.5, 0.6) is 0 Å². The van der Waals surface area contributed by atoms with Crippen molar-refractivity contribution in [2.24, 2.45) is 5.92 Å². The SMILES string of the molecule is CCCCCCCC(C)C(=O)c1ccccc1. The van der Waals surface area contributed by atoms with E-state index in [0.29, 0.717) is 5.78 Å². The second kappa shape index (κ2) is 8.05. The van der Waals surface area contributed by atoms with Gasteiger partial charge in [0.15, 0.2) is 5.78 Å². The third-order valence-electron chi connectivity index (χ3n) is 3.25. The molecular formula is C16H24O. The molecule has 0 aliphatic heterocycles. The fourth-order valence-electron chi connectivity index (χ4n) is 2.07. The van der Waals surface area contributed by atoms with Gasteiger partial charge in [0.05, 0.1) is 0 Å². The Labute approximate surface area is 105 Å². The normalized spacial score (nSPS) is 12.4. The molecule has 0 spiro atoms. The van der Waals surface area contributed by atoms with Crippen LogP contribution in [0.15, 0.2) is 30.3 Å². The maximum absolute atomic E-state index is 12.1. The van der Waals surface area contributed by atoms with E-state index in [-0.39, 0.29) is 5.92 Å². The number of hydrogen-bond donors (Lipinski definition) is 0. The highest BCUT2D eigenvalue weighted by atomic mass is 16.1. The predicted octanol–water partition coefficient (Wildman–Crippen LogP) is 4.87. The molecule has 1 nitrogen and oxygen atoms in total. The molecule has 0 bridgehead atoms. The molecule has 0 fully saturated rings. The summed E-state index contributed by atoms with van der Waals surface area (Å²) < 4.78 is 0. The summed E-state index contributed by atoms with van der Waals surface area (Å²) in [7, 11) is 0. The molecule has 0 N–H and O–H groups in total. The number of unbranched alkanes of at least 4 members (excludes halogenated alkanes) is 4. The van der Waals surface area contributed by atoms with Crippen LogP contribution in [-0.4, -0.2) is 5.78 Å². The lowest BCUT2D eigenvalue weighted by Crippen LogP contribution is -2.11. The molecule has 1 unspecified atom stereocenters. The fourth-order valence-corrected chi connectivity index (χ4v) is 2.07. The zero-order valence-electron chi connectivity index (χ0n) is 11.1. The van der Waals surface area contributed by atoms with Crippen molar-refractivity contribution in [3.8, 4) is 0 Å². The molecule has 0 saturated heterocycles. The molecule has 1 heteroatoms. The van der Waals surface area contributed by atoms with Crippen LogP contribution in [0.3, 0.4) is 0 Å². The van der Waals surface area contributed by atoms with Crippen LogP contribution in [0.1, 0.15) is 62.7 Å². The zero-order chi connectivity index (χ0) is 12.5. The topological polar surface area (TPSA) is 17.1 Å². The lowest BCUT2D eigenvalue weighted by Gasteiger charge is -2.10. The highest BCUT2D eigenvalue weighted by Crippen LogP contribution is 2.16. The fraction of sp³-hybridized carbons (Fsp3) is 0.562. The Kier molecular flexibility index (Phi) is 6.61. The zero-order valence-corrected chi connectivity index (χ0v) is 11.1. The van der Waals surface area contributed by atoms with E-state index in [1.54, 1.807) is 0 Å². The van der Waals surface area contributed by atoms with Crippen molar-refractivity contribution >= 4 is 5.78 Å². The smallest absolute Gasteiger partial charge is 0.165 e. The molecule has 0 aliphatic carbocycles. The first kappa shape index (κ1) is 14.0. The molecule has 0 heterocycles. The largest absolute Gasteiger partial charge is 0.294 e. The maximum atomic E-state index is 12.1. The number of hydrogen-bond acceptors (Lipinski definition) is 1. The van der Waals surface area contributed by atoms with Crippen LogP contribution in [0.2, 0.25) is 0 Å². The summed E-state index contributed by atoms with van der Waals surface area (Å²) in [5.41, 5.74) is 0.855. The average molecular weight is 232 g/mol. The Balaban J connectivity index is 2.28. The highest BCUT2D eigenvalue weighted by molar-refractivity contribution is 5.97. The molecule has 0 amide bonds. The van der Waals surface area contributed by atoms with Crippen molar-refractivity contribution < 1.29 is 4.79 Å². The van der Waals surface area contributed by atoms with Gasteiger partial charge in [0.1, 0.15) is 0 Å². The maximum Gasteiger partial charge on any atom is 0.165 e. The Morgan fingerprint density at radius 3 is 2.35 bits per heavy atom. The predicted molar refractivity (Wildman–Crippen MR) is 73.3 cm³/mol. The van der Waals surface area contributed by atoms with Crippen LogP contribution in [-0.2, 0) is 0 Å². The van der Waals surface area contributed by atoms with Gasteiger partial charge in [-0.25, -0.2) is 0 Å². The molecule has 1 aromatic carbocycles. The number of rotatable bonds is 8. The summed E-state index contributed by atoms with van der Waals surface area (Å²) >= 11 is 0. The van der Waals surface area contributed by atoms with E-state index in [2.05, 4.69) is 13.8 Å². The van der Waals surface area contributed by atoms with Crippen molar-refractivity contribution in [1.29, 1.82) is 0 Å². The van der Waals surface area contributed by atoms with Crippen molar-refractivity contribution in [2.75, 3.05) is 0 Å². The van der Waals surface area contributed by atoms with Crippen molar-refractivity contribution in [3.05, 3.63) is 35.9 Å². The van der Waals surface area contributed by atoms with Gasteiger partial charge in [-0.2, -0.15) is 0 Å². The molecule has 1 aromatic rings. The molecule has 1 rings (SSSR count). The summed E-state index contributed by atoms with van der Waals surface area (Å²) in [6, 6.07) is 9.64. The van der Waals surface area contributed by atoms with Gasteiger partial charge in [-0.3, -0.25) is 4.79 Å². The quantitative estimate of drug-likeness (QED) is 0.462. The van der Waals surface area contributed by atoms with E-state index >= 15 is 0 Å². The van der Waals surface area contributed by atoms with Gasteiger partial charge in [0.2, 0.25) is 0 Å². The summed E-state index contributed by atoms with van der Waals surface area (Å²) in [5.74, 6) is 0.458. The third-order valence-corrected chi connectivity index (χ3v) is 3.25. The molecule has 94 valence electrons. The van der Waals surface area contributed by atoms with E-state index in [0.717, 1.165) is 12.0 Å². The van der Waals surface area contributed by atoms with Gasteiger partial charge in [-0.15, -0.1) is 0 Å². The lowest BCUT2D eigenvalue weighted by atomic mass is 9.94. The van der Waals surface area contributed by atoms with Crippen molar-refractivity contribution in [2.45, 2.75) is 52.4 Å². The van der Waals surface area contributed by atoms with Gasteiger partial charge in [-0.1, -0.05) is 76.3 Å². The summed E-state index contributed by atoms with van der Waals surface area (Å²) in [5, 5.41) is 0. The first-order chi connectivity index (χ1) is 8.25. The Morgan fingerprint density at radius 2 is 1.71 bits per heavy atom. The van der Waals surface area contributed by atoms with Crippen LogP contribution in [0.4, 0.5) is 0 Å². The first-order valence-corrected chi connectivity index (χ1v) is 6.85. The first-order valence-electron chi connectivity index (χ1n) is 6.85. The summed E-state index contributed by atoms with van der Waals surface area (Å²) in [6.45, 7) is 4.27.